The first-order valence-electron chi connectivity index (χ1n) is 6.84. The Labute approximate surface area is 128 Å². The maximum atomic E-state index is 13.7. The second-order valence-electron chi connectivity index (χ2n) is 4.72. The van der Waals surface area contributed by atoms with Crippen molar-refractivity contribution in [2.75, 3.05) is 14.2 Å². The van der Waals surface area contributed by atoms with Gasteiger partial charge in [0, 0.05) is 6.54 Å². The first-order chi connectivity index (χ1) is 10.1. The number of aryl methyl sites for hydroxylation is 1. The van der Waals surface area contributed by atoms with Crippen molar-refractivity contribution in [1.29, 1.82) is 0 Å². The number of nitrogens with one attached hydrogen (secondary N) is 1. The van der Waals surface area contributed by atoms with Gasteiger partial charge in [0.1, 0.15) is 11.5 Å². The molecular weight excluding hydrogens is 293 g/mol. The van der Waals surface area contributed by atoms with Gasteiger partial charge in [-0.25, -0.2) is 4.39 Å². The summed E-state index contributed by atoms with van der Waals surface area (Å²) in [5, 5.41) is 7.65. The average Bonchev–Trinajstić information content (AvgIpc) is 2.87. The Bertz CT molecular complexity index is 615. The fourth-order valence-electron chi connectivity index (χ4n) is 2.37. The van der Waals surface area contributed by atoms with Crippen LogP contribution in [-0.4, -0.2) is 23.9 Å². The molecular formula is C15H19ClFN3O. The molecule has 0 aliphatic carbocycles. The van der Waals surface area contributed by atoms with Crippen LogP contribution < -0.4 is 10.1 Å². The predicted molar refractivity (Wildman–Crippen MR) is 81.4 cm³/mol. The van der Waals surface area contributed by atoms with Crippen molar-refractivity contribution in [2.45, 2.75) is 25.9 Å². The Morgan fingerprint density at radius 3 is 2.81 bits per heavy atom. The van der Waals surface area contributed by atoms with Gasteiger partial charge in [-0.1, -0.05) is 24.6 Å². The van der Waals surface area contributed by atoms with Gasteiger partial charge in [0.05, 0.1) is 24.4 Å². The maximum Gasteiger partial charge on any atom is 0.161 e. The molecule has 6 heteroatoms. The van der Waals surface area contributed by atoms with Crippen LogP contribution in [0.4, 0.5) is 4.39 Å². The van der Waals surface area contributed by atoms with Crippen molar-refractivity contribution in [3.63, 3.8) is 0 Å². The number of hydrogen-bond acceptors (Lipinski definition) is 3. The lowest BCUT2D eigenvalue weighted by atomic mass is 10.0. The number of ether oxygens (including phenoxy) is 1. The van der Waals surface area contributed by atoms with Crippen molar-refractivity contribution < 1.29 is 9.13 Å². The molecule has 21 heavy (non-hydrogen) atoms. The highest BCUT2D eigenvalue weighted by Gasteiger charge is 2.23. The summed E-state index contributed by atoms with van der Waals surface area (Å²) in [6, 6.07) is 4.58. The van der Waals surface area contributed by atoms with Crippen molar-refractivity contribution in [1.82, 2.24) is 15.1 Å². The highest BCUT2D eigenvalue weighted by Crippen LogP contribution is 2.31. The summed E-state index contributed by atoms with van der Waals surface area (Å²) < 4.78 is 21.0. The molecule has 1 heterocycles. The van der Waals surface area contributed by atoms with Gasteiger partial charge in [-0.05, 0) is 31.2 Å². The van der Waals surface area contributed by atoms with Crippen LogP contribution in [0.5, 0.6) is 5.75 Å². The second-order valence-corrected chi connectivity index (χ2v) is 5.12. The van der Waals surface area contributed by atoms with E-state index in [0.29, 0.717) is 5.75 Å². The molecule has 0 fully saturated rings. The van der Waals surface area contributed by atoms with Gasteiger partial charge >= 0.3 is 0 Å². The largest absolute Gasteiger partial charge is 0.493 e. The zero-order valence-electron chi connectivity index (χ0n) is 12.4. The molecule has 1 atom stereocenters. The van der Waals surface area contributed by atoms with Gasteiger partial charge < -0.3 is 10.1 Å². The average molecular weight is 312 g/mol. The molecule has 0 amide bonds. The van der Waals surface area contributed by atoms with E-state index in [9.17, 15) is 4.39 Å². The van der Waals surface area contributed by atoms with Crippen LogP contribution in [0.3, 0.4) is 0 Å². The molecule has 0 bridgehead atoms. The van der Waals surface area contributed by atoms with Gasteiger partial charge in [-0.2, -0.15) is 5.10 Å². The SMILES string of the molecule is CCCn1ncc(OC)c1C(NC)c1ccc(Cl)c(F)c1. The van der Waals surface area contributed by atoms with E-state index in [4.69, 9.17) is 16.3 Å². The van der Waals surface area contributed by atoms with Crippen LogP contribution in [-0.2, 0) is 6.54 Å². The fraction of sp³-hybridized carbons (Fsp3) is 0.400. The maximum absolute atomic E-state index is 13.7. The van der Waals surface area contributed by atoms with Crippen molar-refractivity contribution in [3.05, 3.63) is 46.5 Å². The van der Waals surface area contributed by atoms with E-state index in [1.807, 2.05) is 11.7 Å². The lowest BCUT2D eigenvalue weighted by Gasteiger charge is -2.20. The quantitative estimate of drug-likeness (QED) is 0.888. The Kier molecular flexibility index (Phi) is 5.20. The van der Waals surface area contributed by atoms with Crippen molar-refractivity contribution in [2.24, 2.45) is 0 Å². The smallest absolute Gasteiger partial charge is 0.161 e. The summed E-state index contributed by atoms with van der Waals surface area (Å²) in [7, 11) is 3.42. The summed E-state index contributed by atoms with van der Waals surface area (Å²) in [5.41, 5.74) is 1.65. The Morgan fingerprint density at radius 2 is 2.24 bits per heavy atom. The van der Waals surface area contributed by atoms with Crippen molar-refractivity contribution in [3.8, 4) is 5.75 Å². The molecule has 1 aromatic carbocycles. The summed E-state index contributed by atoms with van der Waals surface area (Å²) in [5.74, 6) is 0.244. The van der Waals surface area contributed by atoms with Crippen LogP contribution in [0.1, 0.15) is 30.6 Å². The Morgan fingerprint density at radius 1 is 1.48 bits per heavy atom. The number of methoxy groups -OCH3 is 1. The monoisotopic (exact) mass is 311 g/mol. The Hall–Kier alpha value is -1.59. The summed E-state index contributed by atoms with van der Waals surface area (Å²) in [4.78, 5) is 0. The molecule has 0 radical (unpaired) electrons. The summed E-state index contributed by atoms with van der Waals surface area (Å²) in [6.07, 6.45) is 2.63. The molecule has 2 rings (SSSR count). The van der Waals surface area contributed by atoms with E-state index < -0.39 is 5.82 Å². The van der Waals surface area contributed by atoms with Gasteiger partial charge in [-0.3, -0.25) is 4.68 Å². The standard InChI is InChI=1S/C15H19ClFN3O/c1-4-7-20-15(13(21-3)9-19-20)14(18-2)10-5-6-11(16)12(17)8-10/h5-6,8-9,14,18H,4,7H2,1-3H3. The van der Waals surface area contributed by atoms with Crippen LogP contribution in [0.15, 0.2) is 24.4 Å². The first-order valence-corrected chi connectivity index (χ1v) is 7.22. The second kappa shape index (κ2) is 6.91. The minimum Gasteiger partial charge on any atom is -0.493 e. The topological polar surface area (TPSA) is 39.1 Å². The third-order valence-electron chi connectivity index (χ3n) is 3.34. The molecule has 0 saturated carbocycles. The van der Waals surface area contributed by atoms with Crippen molar-refractivity contribution >= 4 is 11.6 Å². The first kappa shape index (κ1) is 15.8. The number of benzene rings is 1. The molecule has 2 aromatic rings. The van der Waals surface area contributed by atoms with Crippen LogP contribution in [0.25, 0.3) is 0 Å². The minimum atomic E-state index is -0.435. The third kappa shape index (κ3) is 3.19. The molecule has 1 unspecified atom stereocenters. The van der Waals surface area contributed by atoms with E-state index >= 15 is 0 Å². The van der Waals surface area contributed by atoms with Crippen LogP contribution in [0.2, 0.25) is 5.02 Å². The molecule has 1 aromatic heterocycles. The zero-order chi connectivity index (χ0) is 15.4. The highest BCUT2D eigenvalue weighted by atomic mass is 35.5. The molecule has 1 N–H and O–H groups in total. The molecule has 4 nitrogen and oxygen atoms in total. The molecule has 0 aliphatic rings. The van der Waals surface area contributed by atoms with E-state index in [-0.39, 0.29) is 11.1 Å². The lowest BCUT2D eigenvalue weighted by Crippen LogP contribution is -2.22. The normalized spacial score (nSPS) is 12.4. The van der Waals surface area contributed by atoms with E-state index in [1.165, 1.54) is 6.07 Å². The van der Waals surface area contributed by atoms with Gasteiger partial charge in [0.15, 0.2) is 5.75 Å². The van der Waals surface area contributed by atoms with Gasteiger partial charge in [0.2, 0.25) is 0 Å². The van der Waals surface area contributed by atoms with Crippen LogP contribution >= 0.6 is 11.6 Å². The lowest BCUT2D eigenvalue weighted by molar-refractivity contribution is 0.400. The van der Waals surface area contributed by atoms with E-state index in [0.717, 1.165) is 24.2 Å². The summed E-state index contributed by atoms with van der Waals surface area (Å²) in [6.45, 7) is 2.85. The van der Waals surface area contributed by atoms with Gasteiger partial charge in [-0.15, -0.1) is 0 Å². The summed E-state index contributed by atoms with van der Waals surface area (Å²) >= 11 is 5.76. The fourth-order valence-corrected chi connectivity index (χ4v) is 2.49. The molecule has 0 saturated heterocycles. The number of aromatic nitrogens is 2. The number of halogens is 2. The predicted octanol–water partition coefficient (Wildman–Crippen LogP) is 3.40. The minimum absolute atomic E-state index is 0.114. The Balaban J connectivity index is 2.49. The number of hydrogen-bond donors (Lipinski definition) is 1. The molecule has 114 valence electrons. The van der Waals surface area contributed by atoms with Gasteiger partial charge in [0.25, 0.3) is 0 Å². The molecule has 0 spiro atoms. The zero-order valence-corrected chi connectivity index (χ0v) is 13.1. The van der Waals surface area contributed by atoms with E-state index in [2.05, 4.69) is 17.3 Å². The van der Waals surface area contributed by atoms with E-state index in [1.54, 1.807) is 25.4 Å². The number of nitrogens with zero attached hydrogens (tertiary/aromatic N) is 2. The molecule has 0 aliphatic heterocycles. The number of rotatable bonds is 6. The highest BCUT2D eigenvalue weighted by molar-refractivity contribution is 6.30. The van der Waals surface area contributed by atoms with Crippen LogP contribution in [0, 0.1) is 5.82 Å². The third-order valence-corrected chi connectivity index (χ3v) is 3.65.